The van der Waals surface area contributed by atoms with Crippen molar-refractivity contribution in [1.29, 1.82) is 0 Å². The van der Waals surface area contributed by atoms with E-state index < -0.39 is 17.7 Å². The summed E-state index contributed by atoms with van der Waals surface area (Å²) in [6, 6.07) is 7.38. The first kappa shape index (κ1) is 14.0. The fourth-order valence-electron chi connectivity index (χ4n) is 2.16. The van der Waals surface area contributed by atoms with Gasteiger partial charge in [0.15, 0.2) is 11.6 Å². The molecule has 0 bridgehead atoms. The van der Waals surface area contributed by atoms with Crippen LogP contribution < -0.4 is 0 Å². The van der Waals surface area contributed by atoms with E-state index in [1.165, 1.54) is 0 Å². The molecule has 0 radical (unpaired) electrons. The van der Waals surface area contributed by atoms with E-state index >= 15 is 0 Å². The van der Waals surface area contributed by atoms with E-state index in [0.29, 0.717) is 5.56 Å². The van der Waals surface area contributed by atoms with Gasteiger partial charge in [-0.05, 0) is 42.7 Å². The summed E-state index contributed by atoms with van der Waals surface area (Å²) >= 11 is 5.88. The van der Waals surface area contributed by atoms with Crippen molar-refractivity contribution >= 4 is 11.6 Å². The van der Waals surface area contributed by atoms with Crippen LogP contribution in [0.4, 0.5) is 8.78 Å². The van der Waals surface area contributed by atoms with Gasteiger partial charge < -0.3 is 5.11 Å². The largest absolute Gasteiger partial charge is 0.384 e. The first-order valence-electron chi connectivity index (χ1n) is 5.80. The van der Waals surface area contributed by atoms with E-state index in [0.717, 1.165) is 23.3 Å². The molecule has 0 aliphatic rings. The van der Waals surface area contributed by atoms with Crippen LogP contribution in [0.2, 0.25) is 5.02 Å². The van der Waals surface area contributed by atoms with Crippen LogP contribution in [0.15, 0.2) is 30.3 Å². The summed E-state index contributed by atoms with van der Waals surface area (Å²) in [7, 11) is 0. The minimum Gasteiger partial charge on any atom is -0.384 e. The van der Waals surface area contributed by atoms with E-state index in [-0.39, 0.29) is 10.6 Å². The highest BCUT2D eigenvalue weighted by molar-refractivity contribution is 6.31. The van der Waals surface area contributed by atoms with Gasteiger partial charge in [0.2, 0.25) is 0 Å². The molecular formula is C15H13ClF2O. The van der Waals surface area contributed by atoms with Gasteiger partial charge in [0.05, 0.1) is 0 Å². The van der Waals surface area contributed by atoms with Crippen molar-refractivity contribution in [3.63, 3.8) is 0 Å². The number of aliphatic hydroxyl groups excluding tert-OH is 1. The standard InChI is InChI=1S/C15H13ClF2O/c1-8-4-3-5-9(2)14(8)15(19)10-6-12(17)13(18)7-11(10)16/h3-7,15,19H,1-2H3. The predicted octanol–water partition coefficient (Wildman–Crippen LogP) is 4.32. The van der Waals surface area contributed by atoms with Crippen LogP contribution in [-0.2, 0) is 0 Å². The molecule has 2 aromatic rings. The number of hydrogen-bond acceptors (Lipinski definition) is 1. The Morgan fingerprint density at radius 3 is 2.16 bits per heavy atom. The molecule has 1 N–H and O–H groups in total. The van der Waals surface area contributed by atoms with Crippen molar-refractivity contribution in [2.24, 2.45) is 0 Å². The number of benzene rings is 2. The first-order valence-corrected chi connectivity index (χ1v) is 6.18. The van der Waals surface area contributed by atoms with Gasteiger partial charge in [0.25, 0.3) is 0 Å². The van der Waals surface area contributed by atoms with Gasteiger partial charge in [-0.2, -0.15) is 0 Å². The monoisotopic (exact) mass is 282 g/mol. The van der Waals surface area contributed by atoms with Gasteiger partial charge in [-0.1, -0.05) is 29.8 Å². The first-order chi connectivity index (χ1) is 8.91. The summed E-state index contributed by atoms with van der Waals surface area (Å²) in [6.45, 7) is 3.69. The zero-order chi connectivity index (χ0) is 14.2. The second-order valence-electron chi connectivity index (χ2n) is 4.50. The molecule has 0 amide bonds. The van der Waals surface area contributed by atoms with Gasteiger partial charge in [0.1, 0.15) is 6.10 Å². The van der Waals surface area contributed by atoms with Crippen molar-refractivity contribution < 1.29 is 13.9 Å². The lowest BCUT2D eigenvalue weighted by molar-refractivity contribution is 0.218. The third kappa shape index (κ3) is 2.62. The Balaban J connectivity index is 2.56. The minimum absolute atomic E-state index is 0.00838. The minimum atomic E-state index is -1.08. The number of rotatable bonds is 2. The molecule has 0 heterocycles. The van der Waals surface area contributed by atoms with Crippen molar-refractivity contribution in [2.45, 2.75) is 20.0 Å². The van der Waals surface area contributed by atoms with E-state index in [1.54, 1.807) is 0 Å². The Bertz CT molecular complexity index is 606. The van der Waals surface area contributed by atoms with E-state index in [4.69, 9.17) is 11.6 Å². The third-order valence-corrected chi connectivity index (χ3v) is 3.48. The molecule has 0 aliphatic heterocycles. The van der Waals surface area contributed by atoms with Crippen molar-refractivity contribution in [2.75, 3.05) is 0 Å². The topological polar surface area (TPSA) is 20.2 Å². The predicted molar refractivity (Wildman–Crippen MR) is 71.3 cm³/mol. The lowest BCUT2D eigenvalue weighted by atomic mass is 9.93. The normalized spacial score (nSPS) is 12.5. The quantitative estimate of drug-likeness (QED) is 0.814. The molecule has 1 nitrogen and oxygen atoms in total. The third-order valence-electron chi connectivity index (χ3n) is 3.15. The molecule has 1 unspecified atom stereocenters. The zero-order valence-electron chi connectivity index (χ0n) is 10.5. The number of aryl methyl sites for hydroxylation is 2. The lowest BCUT2D eigenvalue weighted by Gasteiger charge is -2.18. The van der Waals surface area contributed by atoms with Crippen molar-refractivity contribution in [3.8, 4) is 0 Å². The van der Waals surface area contributed by atoms with Gasteiger partial charge in [-0.15, -0.1) is 0 Å². The zero-order valence-corrected chi connectivity index (χ0v) is 11.3. The van der Waals surface area contributed by atoms with E-state index in [1.807, 2.05) is 32.0 Å². The summed E-state index contributed by atoms with van der Waals surface area (Å²) in [5, 5.41) is 10.4. The van der Waals surface area contributed by atoms with Gasteiger partial charge >= 0.3 is 0 Å². The SMILES string of the molecule is Cc1cccc(C)c1C(O)c1cc(F)c(F)cc1Cl. The maximum atomic E-state index is 13.3. The Hall–Kier alpha value is -1.45. The van der Waals surface area contributed by atoms with E-state index in [2.05, 4.69) is 0 Å². The molecule has 0 spiro atoms. The van der Waals surface area contributed by atoms with Gasteiger partial charge in [0, 0.05) is 10.6 Å². The van der Waals surface area contributed by atoms with Crippen LogP contribution in [0.25, 0.3) is 0 Å². The Labute approximate surface area is 115 Å². The smallest absolute Gasteiger partial charge is 0.160 e. The molecule has 4 heteroatoms. The molecule has 0 fully saturated rings. The highest BCUT2D eigenvalue weighted by Crippen LogP contribution is 2.33. The van der Waals surface area contributed by atoms with Gasteiger partial charge in [-0.25, -0.2) is 8.78 Å². The van der Waals surface area contributed by atoms with Crippen molar-refractivity contribution in [1.82, 2.24) is 0 Å². The molecule has 0 aliphatic carbocycles. The molecule has 0 saturated carbocycles. The molecule has 2 rings (SSSR count). The molecule has 0 saturated heterocycles. The molecular weight excluding hydrogens is 270 g/mol. The van der Waals surface area contributed by atoms with E-state index in [9.17, 15) is 13.9 Å². The lowest BCUT2D eigenvalue weighted by Crippen LogP contribution is -2.06. The Morgan fingerprint density at radius 2 is 1.58 bits per heavy atom. The maximum Gasteiger partial charge on any atom is 0.160 e. The maximum absolute atomic E-state index is 13.3. The average molecular weight is 283 g/mol. The second-order valence-corrected chi connectivity index (χ2v) is 4.90. The molecule has 2 aromatic carbocycles. The summed E-state index contributed by atoms with van der Waals surface area (Å²) in [4.78, 5) is 0. The van der Waals surface area contributed by atoms with Crippen LogP contribution in [0, 0.1) is 25.5 Å². The van der Waals surface area contributed by atoms with Crippen LogP contribution in [0.3, 0.4) is 0 Å². The van der Waals surface area contributed by atoms with Gasteiger partial charge in [-0.3, -0.25) is 0 Å². The van der Waals surface area contributed by atoms with Crippen LogP contribution >= 0.6 is 11.6 Å². The Kier molecular flexibility index (Phi) is 3.88. The highest BCUT2D eigenvalue weighted by Gasteiger charge is 2.20. The molecule has 1 atom stereocenters. The summed E-state index contributed by atoms with van der Waals surface area (Å²) < 4.78 is 26.3. The van der Waals surface area contributed by atoms with Crippen LogP contribution in [0.5, 0.6) is 0 Å². The molecule has 19 heavy (non-hydrogen) atoms. The number of hydrogen-bond donors (Lipinski definition) is 1. The summed E-state index contributed by atoms with van der Waals surface area (Å²) in [5.41, 5.74) is 2.56. The Morgan fingerprint density at radius 1 is 1.05 bits per heavy atom. The fourth-order valence-corrected chi connectivity index (χ4v) is 2.42. The summed E-state index contributed by atoms with van der Waals surface area (Å²) in [5.74, 6) is -2.05. The summed E-state index contributed by atoms with van der Waals surface area (Å²) in [6.07, 6.45) is -1.08. The van der Waals surface area contributed by atoms with Crippen LogP contribution in [0.1, 0.15) is 28.4 Å². The van der Waals surface area contributed by atoms with Crippen molar-refractivity contribution in [3.05, 3.63) is 69.2 Å². The average Bonchev–Trinajstić information content (AvgIpc) is 2.33. The second kappa shape index (κ2) is 5.27. The fraction of sp³-hybridized carbons (Fsp3) is 0.200. The number of aliphatic hydroxyl groups is 1. The number of halogens is 3. The highest BCUT2D eigenvalue weighted by atomic mass is 35.5. The molecule has 0 aromatic heterocycles. The van der Waals surface area contributed by atoms with Crippen LogP contribution in [-0.4, -0.2) is 5.11 Å². The molecule has 100 valence electrons.